The molecule has 0 saturated carbocycles. The van der Waals surface area contributed by atoms with E-state index in [2.05, 4.69) is 21.2 Å². The number of hydrogen-bond donors (Lipinski definition) is 3. The molecule has 192 valence electrons. The minimum Gasteiger partial charge on any atom is -0.490 e. The Bertz CT molecular complexity index is 1250. The third-order valence-corrected chi connectivity index (χ3v) is 5.12. The molecule has 9 nitrogen and oxygen atoms in total. The average molecular weight is 503 g/mol. The molecule has 3 N–H and O–H groups in total. The van der Waals surface area contributed by atoms with Crippen LogP contribution in [-0.4, -0.2) is 37.1 Å². The smallest absolute Gasteiger partial charge is 0.329 e. The number of benzene rings is 3. The minimum absolute atomic E-state index is 0.199. The predicted molar refractivity (Wildman–Crippen MR) is 142 cm³/mol. The number of anilines is 1. The molecule has 0 aliphatic rings. The number of hydrazone groups is 1. The Kier molecular flexibility index (Phi) is 9.78. The standard InChI is InChI=1S/C28H30N4O5/c1-4-36-25-15-22(11-14-24(25)37-18-26(33)31-23-12-7-20(3)8-13-23)17-30-32-28(35)27(34)29-16-21-9-5-19(2)6-10-21/h5-15,17H,4,16,18H2,1-3H3,(H,29,34)(H,31,33)(H,32,35)/b30-17-. The summed E-state index contributed by atoms with van der Waals surface area (Å²) in [5.41, 5.74) is 6.57. The van der Waals surface area contributed by atoms with Crippen molar-refractivity contribution in [3.8, 4) is 11.5 Å². The Balaban J connectivity index is 1.51. The molecule has 0 radical (unpaired) electrons. The van der Waals surface area contributed by atoms with Crippen molar-refractivity contribution in [2.75, 3.05) is 18.5 Å². The summed E-state index contributed by atoms with van der Waals surface area (Å²) in [7, 11) is 0. The summed E-state index contributed by atoms with van der Waals surface area (Å²) in [6, 6.07) is 20.1. The highest BCUT2D eigenvalue weighted by atomic mass is 16.5. The summed E-state index contributed by atoms with van der Waals surface area (Å²) in [6.45, 7) is 6.18. The first kappa shape index (κ1) is 26.9. The van der Waals surface area contributed by atoms with Crippen LogP contribution < -0.4 is 25.5 Å². The van der Waals surface area contributed by atoms with Crippen molar-refractivity contribution in [3.63, 3.8) is 0 Å². The van der Waals surface area contributed by atoms with Gasteiger partial charge >= 0.3 is 11.8 Å². The second-order valence-corrected chi connectivity index (χ2v) is 8.21. The molecule has 3 aromatic rings. The molecule has 0 unspecified atom stereocenters. The molecule has 3 amide bonds. The van der Waals surface area contributed by atoms with Gasteiger partial charge in [-0.25, -0.2) is 5.43 Å². The number of hydrogen-bond acceptors (Lipinski definition) is 6. The Morgan fingerprint density at radius 3 is 2.19 bits per heavy atom. The van der Waals surface area contributed by atoms with Gasteiger partial charge in [0.25, 0.3) is 5.91 Å². The first-order valence-electron chi connectivity index (χ1n) is 11.8. The van der Waals surface area contributed by atoms with Crippen LogP contribution in [0, 0.1) is 13.8 Å². The van der Waals surface area contributed by atoms with E-state index in [1.54, 1.807) is 18.2 Å². The summed E-state index contributed by atoms with van der Waals surface area (Å²) in [6.07, 6.45) is 1.38. The molecule has 0 fully saturated rings. The maximum absolute atomic E-state index is 12.2. The molecule has 3 rings (SSSR count). The maximum atomic E-state index is 12.2. The van der Waals surface area contributed by atoms with Crippen LogP contribution >= 0.6 is 0 Å². The third-order valence-electron chi connectivity index (χ3n) is 5.12. The quantitative estimate of drug-likeness (QED) is 0.223. The zero-order chi connectivity index (χ0) is 26.6. The van der Waals surface area contributed by atoms with Crippen LogP contribution in [0.25, 0.3) is 0 Å². The van der Waals surface area contributed by atoms with Crippen LogP contribution in [0.2, 0.25) is 0 Å². The van der Waals surface area contributed by atoms with E-state index in [9.17, 15) is 14.4 Å². The van der Waals surface area contributed by atoms with Gasteiger partial charge < -0.3 is 20.1 Å². The molecule has 0 atom stereocenters. The number of ether oxygens (including phenoxy) is 2. The van der Waals surface area contributed by atoms with Crippen molar-refractivity contribution in [2.45, 2.75) is 27.3 Å². The Morgan fingerprint density at radius 2 is 1.51 bits per heavy atom. The molecular weight excluding hydrogens is 472 g/mol. The molecule has 3 aromatic carbocycles. The largest absolute Gasteiger partial charge is 0.490 e. The maximum Gasteiger partial charge on any atom is 0.329 e. The van der Waals surface area contributed by atoms with E-state index < -0.39 is 11.8 Å². The van der Waals surface area contributed by atoms with Crippen molar-refractivity contribution in [3.05, 3.63) is 89.0 Å². The fourth-order valence-corrected chi connectivity index (χ4v) is 3.15. The summed E-state index contributed by atoms with van der Waals surface area (Å²) in [5, 5.41) is 9.16. The van der Waals surface area contributed by atoms with Gasteiger partial charge in [0.1, 0.15) is 0 Å². The van der Waals surface area contributed by atoms with Crippen molar-refractivity contribution < 1.29 is 23.9 Å². The van der Waals surface area contributed by atoms with Crippen molar-refractivity contribution in [1.29, 1.82) is 0 Å². The molecule has 0 aliphatic heterocycles. The van der Waals surface area contributed by atoms with E-state index in [1.807, 2.05) is 69.3 Å². The molecule has 37 heavy (non-hydrogen) atoms. The number of amides is 3. The first-order chi connectivity index (χ1) is 17.8. The van der Waals surface area contributed by atoms with Crippen molar-refractivity contribution in [2.24, 2.45) is 5.10 Å². The van der Waals surface area contributed by atoms with Gasteiger partial charge in [0.2, 0.25) is 0 Å². The molecule has 0 aromatic heterocycles. The van der Waals surface area contributed by atoms with Gasteiger partial charge in [-0.05, 0) is 62.2 Å². The summed E-state index contributed by atoms with van der Waals surface area (Å²) in [4.78, 5) is 36.2. The molecule has 9 heteroatoms. The average Bonchev–Trinajstić information content (AvgIpc) is 2.89. The summed E-state index contributed by atoms with van der Waals surface area (Å²) < 4.78 is 11.3. The summed E-state index contributed by atoms with van der Waals surface area (Å²) >= 11 is 0. The number of carbonyl (C=O) groups is 3. The molecule has 0 heterocycles. The Labute approximate surface area is 215 Å². The predicted octanol–water partition coefficient (Wildman–Crippen LogP) is 3.49. The zero-order valence-electron chi connectivity index (χ0n) is 21.0. The lowest BCUT2D eigenvalue weighted by Crippen LogP contribution is -2.37. The SMILES string of the molecule is CCOc1cc(/C=N\NC(=O)C(=O)NCc2ccc(C)cc2)ccc1OCC(=O)Nc1ccc(C)cc1. The van der Waals surface area contributed by atoms with Crippen LogP contribution in [0.15, 0.2) is 71.8 Å². The van der Waals surface area contributed by atoms with Gasteiger partial charge in [-0.3, -0.25) is 14.4 Å². The zero-order valence-corrected chi connectivity index (χ0v) is 21.0. The van der Waals surface area contributed by atoms with Gasteiger partial charge in [-0.1, -0.05) is 47.5 Å². The third kappa shape index (κ3) is 8.81. The van der Waals surface area contributed by atoms with Crippen LogP contribution in [-0.2, 0) is 20.9 Å². The lowest BCUT2D eigenvalue weighted by atomic mass is 10.1. The Hall–Kier alpha value is -4.66. The van der Waals surface area contributed by atoms with Crippen LogP contribution in [0.3, 0.4) is 0 Å². The second-order valence-electron chi connectivity index (χ2n) is 8.21. The van der Waals surface area contributed by atoms with E-state index in [0.29, 0.717) is 29.4 Å². The van der Waals surface area contributed by atoms with Crippen molar-refractivity contribution in [1.82, 2.24) is 10.7 Å². The summed E-state index contributed by atoms with van der Waals surface area (Å²) in [5.74, 6) is -1.18. The van der Waals surface area contributed by atoms with Crippen LogP contribution in [0.5, 0.6) is 11.5 Å². The van der Waals surface area contributed by atoms with E-state index >= 15 is 0 Å². The number of nitrogens with zero attached hydrogens (tertiary/aromatic N) is 1. The number of aryl methyl sites for hydroxylation is 2. The highest BCUT2D eigenvalue weighted by Crippen LogP contribution is 2.28. The number of rotatable bonds is 10. The second kappa shape index (κ2) is 13.4. The van der Waals surface area contributed by atoms with Crippen LogP contribution in [0.1, 0.15) is 29.2 Å². The van der Waals surface area contributed by atoms with Gasteiger partial charge in [0.05, 0.1) is 12.8 Å². The molecule has 0 spiro atoms. The van der Waals surface area contributed by atoms with Crippen LogP contribution in [0.4, 0.5) is 5.69 Å². The normalized spacial score (nSPS) is 10.6. The lowest BCUT2D eigenvalue weighted by molar-refractivity contribution is -0.139. The lowest BCUT2D eigenvalue weighted by Gasteiger charge is -2.12. The fourth-order valence-electron chi connectivity index (χ4n) is 3.15. The van der Waals surface area contributed by atoms with E-state index in [0.717, 1.165) is 16.7 Å². The molecular formula is C28H30N4O5. The topological polar surface area (TPSA) is 118 Å². The highest BCUT2D eigenvalue weighted by molar-refractivity contribution is 6.35. The van der Waals surface area contributed by atoms with Crippen molar-refractivity contribution >= 4 is 29.6 Å². The van der Waals surface area contributed by atoms with Gasteiger partial charge in [-0.15, -0.1) is 0 Å². The van der Waals surface area contributed by atoms with E-state index in [-0.39, 0.29) is 19.1 Å². The van der Waals surface area contributed by atoms with Gasteiger partial charge in [0.15, 0.2) is 18.1 Å². The Morgan fingerprint density at radius 1 is 0.838 bits per heavy atom. The monoisotopic (exact) mass is 502 g/mol. The molecule has 0 aliphatic carbocycles. The molecule has 0 saturated heterocycles. The first-order valence-corrected chi connectivity index (χ1v) is 11.8. The minimum atomic E-state index is -0.882. The molecule has 0 bridgehead atoms. The highest BCUT2D eigenvalue weighted by Gasteiger charge is 2.12. The number of carbonyl (C=O) groups excluding carboxylic acids is 3. The van der Waals surface area contributed by atoms with Gasteiger partial charge in [-0.2, -0.15) is 5.10 Å². The van der Waals surface area contributed by atoms with Gasteiger partial charge in [0, 0.05) is 12.2 Å². The van der Waals surface area contributed by atoms with E-state index in [1.165, 1.54) is 6.21 Å². The fraction of sp³-hybridized carbons (Fsp3) is 0.214. The van der Waals surface area contributed by atoms with E-state index in [4.69, 9.17) is 9.47 Å². The number of nitrogens with one attached hydrogen (secondary N) is 3.